The van der Waals surface area contributed by atoms with Crippen molar-refractivity contribution in [1.29, 1.82) is 0 Å². The fraction of sp³-hybridized carbons (Fsp3) is 0.154. The molecule has 0 aromatic heterocycles. The van der Waals surface area contributed by atoms with Gasteiger partial charge in [0.25, 0.3) is 11.8 Å². The van der Waals surface area contributed by atoms with Crippen molar-refractivity contribution in [3.05, 3.63) is 42.0 Å². The third kappa shape index (κ3) is 2.66. The van der Waals surface area contributed by atoms with Crippen LogP contribution in [0.1, 0.15) is 18.9 Å². The molecule has 0 N–H and O–H groups in total. The summed E-state index contributed by atoms with van der Waals surface area (Å²) in [6, 6.07) is 9.42. The van der Waals surface area contributed by atoms with Crippen LogP contribution in [0, 0.1) is 0 Å². The Kier molecular flexibility index (Phi) is 3.14. The maximum Gasteiger partial charge on any atom is 0.273 e. The molecule has 0 spiro atoms. The number of carbonyl (C=O) groups is 2. The van der Waals surface area contributed by atoms with Gasteiger partial charge < -0.3 is 0 Å². The van der Waals surface area contributed by atoms with E-state index in [4.69, 9.17) is 0 Å². The molecule has 4 nitrogen and oxygen atoms in total. The van der Waals surface area contributed by atoms with Gasteiger partial charge in [-0.05, 0) is 18.6 Å². The van der Waals surface area contributed by atoms with Crippen LogP contribution in [0.4, 0.5) is 0 Å². The molecule has 1 aliphatic rings. The average Bonchev–Trinajstić information content (AvgIpc) is 2.67. The predicted molar refractivity (Wildman–Crippen MR) is 65.1 cm³/mol. The van der Waals surface area contributed by atoms with E-state index in [1.54, 1.807) is 13.0 Å². The van der Waals surface area contributed by atoms with Crippen LogP contribution in [0.25, 0.3) is 6.08 Å². The van der Waals surface area contributed by atoms with Gasteiger partial charge in [0.05, 0.1) is 6.42 Å². The Morgan fingerprint density at radius 1 is 1.35 bits per heavy atom. The minimum absolute atomic E-state index is 0.227. The van der Waals surface area contributed by atoms with E-state index in [-0.39, 0.29) is 12.3 Å². The molecule has 4 heteroatoms. The van der Waals surface area contributed by atoms with Gasteiger partial charge >= 0.3 is 0 Å². The number of hydrazone groups is 1. The monoisotopic (exact) mass is 228 g/mol. The Morgan fingerprint density at radius 2 is 2.06 bits per heavy atom. The highest BCUT2D eigenvalue weighted by molar-refractivity contribution is 6.12. The summed E-state index contributed by atoms with van der Waals surface area (Å²) in [7, 11) is 0. The van der Waals surface area contributed by atoms with Crippen molar-refractivity contribution in [2.45, 2.75) is 13.3 Å². The number of carbonyl (C=O) groups excluding carboxylic acids is 2. The molecule has 0 fully saturated rings. The van der Waals surface area contributed by atoms with Gasteiger partial charge in [-0.15, -0.1) is 0 Å². The van der Waals surface area contributed by atoms with Gasteiger partial charge in [0.1, 0.15) is 0 Å². The maximum atomic E-state index is 11.7. The van der Waals surface area contributed by atoms with Gasteiger partial charge in [-0.1, -0.05) is 30.3 Å². The summed E-state index contributed by atoms with van der Waals surface area (Å²) in [4.78, 5) is 23.1. The molecule has 1 heterocycles. The second-order valence-electron chi connectivity index (χ2n) is 3.80. The fourth-order valence-electron chi connectivity index (χ4n) is 1.53. The van der Waals surface area contributed by atoms with E-state index < -0.39 is 5.91 Å². The summed E-state index contributed by atoms with van der Waals surface area (Å²) in [5, 5.41) is 4.79. The van der Waals surface area contributed by atoms with E-state index in [9.17, 15) is 9.59 Å². The molecule has 0 atom stereocenters. The predicted octanol–water partition coefficient (Wildman–Crippen LogP) is 1.83. The highest BCUT2D eigenvalue weighted by atomic mass is 16.2. The maximum absolute atomic E-state index is 11.7. The van der Waals surface area contributed by atoms with E-state index in [0.717, 1.165) is 10.6 Å². The van der Waals surface area contributed by atoms with Crippen LogP contribution < -0.4 is 0 Å². The lowest BCUT2D eigenvalue weighted by atomic mass is 10.2. The summed E-state index contributed by atoms with van der Waals surface area (Å²) in [6.07, 6.45) is 3.25. The number of rotatable bonds is 2. The quantitative estimate of drug-likeness (QED) is 0.725. The molecule has 86 valence electrons. The van der Waals surface area contributed by atoms with Crippen molar-refractivity contribution in [3.8, 4) is 0 Å². The van der Waals surface area contributed by atoms with E-state index in [1.807, 2.05) is 30.3 Å². The SMILES string of the molecule is CC1=NN(C(=O)C=Cc2ccccc2)C(=O)C1. The zero-order chi connectivity index (χ0) is 12.3. The van der Waals surface area contributed by atoms with Crippen molar-refractivity contribution >= 4 is 23.6 Å². The summed E-state index contributed by atoms with van der Waals surface area (Å²) in [5.74, 6) is -0.680. The molecule has 2 amide bonds. The molecule has 0 unspecified atom stereocenters. The van der Waals surface area contributed by atoms with Crippen molar-refractivity contribution in [1.82, 2.24) is 5.01 Å². The van der Waals surface area contributed by atoms with Crippen molar-refractivity contribution in [2.24, 2.45) is 5.10 Å². The standard InChI is InChI=1S/C13H12N2O2/c1-10-9-13(17)15(14-10)12(16)8-7-11-5-3-2-4-6-11/h2-8H,9H2,1H3. The van der Waals surface area contributed by atoms with Crippen LogP contribution in [-0.2, 0) is 9.59 Å². The topological polar surface area (TPSA) is 49.7 Å². The summed E-state index contributed by atoms with van der Waals surface area (Å²) >= 11 is 0. The third-order valence-electron chi connectivity index (χ3n) is 2.34. The zero-order valence-electron chi connectivity index (χ0n) is 9.46. The van der Waals surface area contributed by atoms with Crippen molar-refractivity contribution in [2.75, 3.05) is 0 Å². The summed E-state index contributed by atoms with van der Waals surface area (Å²) in [6.45, 7) is 1.73. The lowest BCUT2D eigenvalue weighted by molar-refractivity contribution is -0.139. The number of hydrogen-bond acceptors (Lipinski definition) is 3. The number of nitrogens with zero attached hydrogens (tertiary/aromatic N) is 2. The van der Waals surface area contributed by atoms with E-state index in [1.165, 1.54) is 6.08 Å². The average molecular weight is 228 g/mol. The van der Waals surface area contributed by atoms with Gasteiger partial charge in [-0.25, -0.2) is 0 Å². The van der Waals surface area contributed by atoms with Crippen LogP contribution >= 0.6 is 0 Å². The summed E-state index contributed by atoms with van der Waals surface area (Å²) < 4.78 is 0. The minimum atomic E-state index is -0.407. The van der Waals surface area contributed by atoms with Crippen molar-refractivity contribution < 1.29 is 9.59 Å². The molecule has 0 saturated carbocycles. The van der Waals surface area contributed by atoms with Gasteiger partial charge in [0, 0.05) is 11.8 Å². The number of benzene rings is 1. The van der Waals surface area contributed by atoms with E-state index in [2.05, 4.69) is 5.10 Å². The molecule has 2 rings (SSSR count). The number of imide groups is 1. The fourth-order valence-corrected chi connectivity index (χ4v) is 1.53. The first-order valence-electron chi connectivity index (χ1n) is 5.31. The van der Waals surface area contributed by atoms with Gasteiger partial charge in [-0.2, -0.15) is 10.1 Å². The Balaban J connectivity index is 2.08. The summed E-state index contributed by atoms with van der Waals surface area (Å²) in [5.41, 5.74) is 1.57. The highest BCUT2D eigenvalue weighted by Crippen LogP contribution is 2.09. The number of amides is 2. The van der Waals surface area contributed by atoms with Gasteiger partial charge in [-0.3, -0.25) is 9.59 Å². The molecule has 1 aromatic carbocycles. The Hall–Kier alpha value is -2.23. The molecule has 0 aliphatic carbocycles. The largest absolute Gasteiger partial charge is 0.273 e. The van der Waals surface area contributed by atoms with Crippen LogP contribution in [-0.4, -0.2) is 22.5 Å². The normalized spacial score (nSPS) is 15.5. The lowest BCUT2D eigenvalue weighted by Crippen LogP contribution is -2.26. The zero-order valence-corrected chi connectivity index (χ0v) is 9.46. The second kappa shape index (κ2) is 4.74. The third-order valence-corrected chi connectivity index (χ3v) is 2.34. The molecule has 17 heavy (non-hydrogen) atoms. The lowest BCUT2D eigenvalue weighted by Gasteiger charge is -2.05. The first-order valence-corrected chi connectivity index (χ1v) is 5.31. The second-order valence-corrected chi connectivity index (χ2v) is 3.80. The van der Waals surface area contributed by atoms with E-state index >= 15 is 0 Å². The molecule has 1 aliphatic heterocycles. The molecular formula is C13H12N2O2. The van der Waals surface area contributed by atoms with Gasteiger partial charge in [0.15, 0.2) is 0 Å². The number of hydrogen-bond donors (Lipinski definition) is 0. The Bertz CT molecular complexity index is 503. The smallest absolute Gasteiger partial charge is 0.272 e. The van der Waals surface area contributed by atoms with Crippen LogP contribution in [0.5, 0.6) is 0 Å². The van der Waals surface area contributed by atoms with Crippen molar-refractivity contribution in [3.63, 3.8) is 0 Å². The first-order chi connectivity index (χ1) is 8.16. The van der Waals surface area contributed by atoms with Crippen LogP contribution in [0.3, 0.4) is 0 Å². The van der Waals surface area contributed by atoms with Crippen LogP contribution in [0.15, 0.2) is 41.5 Å². The molecule has 1 aromatic rings. The Labute approximate surface area is 99.2 Å². The molecule has 0 saturated heterocycles. The van der Waals surface area contributed by atoms with Gasteiger partial charge in [0.2, 0.25) is 0 Å². The first kappa shape index (κ1) is 11.3. The molecule has 0 radical (unpaired) electrons. The molecular weight excluding hydrogens is 216 g/mol. The highest BCUT2D eigenvalue weighted by Gasteiger charge is 2.25. The van der Waals surface area contributed by atoms with Crippen LogP contribution in [0.2, 0.25) is 0 Å². The molecule has 0 bridgehead atoms. The Morgan fingerprint density at radius 3 is 2.65 bits per heavy atom. The van der Waals surface area contributed by atoms with E-state index in [0.29, 0.717) is 5.71 Å². The minimum Gasteiger partial charge on any atom is -0.272 e.